The van der Waals surface area contributed by atoms with E-state index in [4.69, 9.17) is 5.26 Å². The molecule has 28 heavy (non-hydrogen) atoms. The van der Waals surface area contributed by atoms with Crippen LogP contribution in [0.2, 0.25) is 0 Å². The van der Waals surface area contributed by atoms with E-state index in [2.05, 4.69) is 34.5 Å². The first-order valence-corrected chi connectivity index (χ1v) is 10.5. The summed E-state index contributed by atoms with van der Waals surface area (Å²) in [5, 5.41) is 12.5. The second kappa shape index (κ2) is 8.59. The second-order valence-electron chi connectivity index (χ2n) is 8.53. The van der Waals surface area contributed by atoms with Gasteiger partial charge in [-0.3, -0.25) is 9.69 Å². The number of amides is 1. The Labute approximate surface area is 166 Å². The van der Waals surface area contributed by atoms with Crippen LogP contribution in [-0.2, 0) is 17.8 Å². The summed E-state index contributed by atoms with van der Waals surface area (Å²) in [6.45, 7) is 3.55. The minimum atomic E-state index is -1.07. The Hall–Kier alpha value is -1.97. The van der Waals surface area contributed by atoms with E-state index in [1.165, 1.54) is 22.4 Å². The summed E-state index contributed by atoms with van der Waals surface area (Å²) < 4.78 is 13.5. The number of nitrogens with zero attached hydrogens (tertiary/aromatic N) is 3. The molecule has 150 valence electrons. The van der Waals surface area contributed by atoms with E-state index in [1.54, 1.807) is 0 Å². The van der Waals surface area contributed by atoms with E-state index in [-0.39, 0.29) is 25.4 Å². The lowest BCUT2D eigenvalue weighted by Crippen LogP contribution is -2.43. The fraction of sp³-hybridized carbons (Fsp3) is 0.636. The summed E-state index contributed by atoms with van der Waals surface area (Å²) in [7, 11) is 0. The molecule has 1 aliphatic carbocycles. The standard InChI is InChI=1S/C22H29FN4O/c23-19-10-21(11-24)27(15-19)22(28)12-25-20-6-5-16(9-20)13-26-8-7-17-3-1-2-4-18(17)14-26/h1-4,16,19-21,25H,5-10,12-15H2/t16-,19-,20+,21-/m0/s1. The van der Waals surface area contributed by atoms with Gasteiger partial charge in [0.2, 0.25) is 5.91 Å². The molecule has 0 unspecified atom stereocenters. The molecule has 0 aromatic heterocycles. The lowest BCUT2D eigenvalue weighted by molar-refractivity contribution is -0.130. The second-order valence-corrected chi connectivity index (χ2v) is 8.53. The molecule has 1 saturated carbocycles. The molecule has 4 atom stereocenters. The van der Waals surface area contributed by atoms with Crippen LogP contribution in [0.5, 0.6) is 0 Å². The zero-order valence-corrected chi connectivity index (χ0v) is 16.3. The number of hydrogen-bond acceptors (Lipinski definition) is 4. The molecule has 2 fully saturated rings. The highest BCUT2D eigenvalue weighted by Gasteiger charge is 2.35. The molecule has 2 aliphatic heterocycles. The Kier molecular flexibility index (Phi) is 5.93. The van der Waals surface area contributed by atoms with E-state index in [0.29, 0.717) is 12.0 Å². The van der Waals surface area contributed by atoms with Gasteiger partial charge < -0.3 is 10.2 Å². The van der Waals surface area contributed by atoms with Crippen LogP contribution < -0.4 is 5.32 Å². The lowest BCUT2D eigenvalue weighted by atomic mass is 9.98. The first-order valence-electron chi connectivity index (χ1n) is 10.5. The Morgan fingerprint density at radius 1 is 1.25 bits per heavy atom. The number of halogens is 1. The molecule has 0 spiro atoms. The first-order chi connectivity index (χ1) is 13.6. The van der Waals surface area contributed by atoms with Crippen molar-refractivity contribution in [2.24, 2.45) is 5.92 Å². The van der Waals surface area contributed by atoms with Crippen LogP contribution in [0.25, 0.3) is 0 Å². The van der Waals surface area contributed by atoms with Gasteiger partial charge >= 0.3 is 0 Å². The minimum absolute atomic E-state index is 0.0580. The number of benzene rings is 1. The summed E-state index contributed by atoms with van der Waals surface area (Å²) in [6.07, 6.45) is 3.55. The average molecular weight is 384 g/mol. The smallest absolute Gasteiger partial charge is 0.237 e. The maximum atomic E-state index is 13.5. The molecular formula is C22H29FN4O. The van der Waals surface area contributed by atoms with Gasteiger partial charge in [0.15, 0.2) is 0 Å². The molecule has 0 radical (unpaired) electrons. The third-order valence-electron chi connectivity index (χ3n) is 6.53. The Morgan fingerprint density at radius 2 is 2.07 bits per heavy atom. The molecule has 1 aromatic rings. The summed E-state index contributed by atoms with van der Waals surface area (Å²) >= 11 is 0. The van der Waals surface area contributed by atoms with Crippen LogP contribution in [0.4, 0.5) is 4.39 Å². The molecule has 1 aromatic carbocycles. The number of fused-ring (bicyclic) bond motifs is 1. The number of rotatable bonds is 5. The quantitative estimate of drug-likeness (QED) is 0.846. The van der Waals surface area contributed by atoms with Gasteiger partial charge in [0.1, 0.15) is 12.2 Å². The fourth-order valence-electron chi connectivity index (χ4n) is 5.02. The van der Waals surface area contributed by atoms with Gasteiger partial charge in [-0.15, -0.1) is 0 Å². The van der Waals surface area contributed by atoms with Crippen LogP contribution in [0.3, 0.4) is 0 Å². The van der Waals surface area contributed by atoms with Gasteiger partial charge in [-0.1, -0.05) is 24.3 Å². The number of likely N-dealkylation sites (tertiary alicyclic amines) is 1. The monoisotopic (exact) mass is 384 g/mol. The van der Waals surface area contributed by atoms with E-state index in [0.717, 1.165) is 38.9 Å². The van der Waals surface area contributed by atoms with E-state index in [9.17, 15) is 9.18 Å². The van der Waals surface area contributed by atoms with Crippen LogP contribution in [-0.4, -0.2) is 60.1 Å². The Bertz CT molecular complexity index is 748. The first kappa shape index (κ1) is 19.4. The van der Waals surface area contributed by atoms with Gasteiger partial charge in [-0.25, -0.2) is 4.39 Å². The van der Waals surface area contributed by atoms with Crippen LogP contribution in [0.15, 0.2) is 24.3 Å². The predicted molar refractivity (Wildman–Crippen MR) is 105 cm³/mol. The highest BCUT2D eigenvalue weighted by Crippen LogP contribution is 2.28. The molecule has 0 bridgehead atoms. The zero-order valence-electron chi connectivity index (χ0n) is 16.3. The maximum absolute atomic E-state index is 13.5. The molecule has 1 N–H and O–H groups in total. The van der Waals surface area contributed by atoms with Gasteiger partial charge in [0.05, 0.1) is 19.2 Å². The highest BCUT2D eigenvalue weighted by atomic mass is 19.1. The molecular weight excluding hydrogens is 355 g/mol. The van der Waals surface area contributed by atoms with Gasteiger partial charge in [0.25, 0.3) is 0 Å². The Balaban J connectivity index is 1.21. The number of carbonyl (C=O) groups excluding carboxylic acids is 1. The largest absolute Gasteiger partial charge is 0.323 e. The topological polar surface area (TPSA) is 59.4 Å². The highest BCUT2D eigenvalue weighted by molar-refractivity contribution is 5.79. The van der Waals surface area contributed by atoms with Crippen molar-refractivity contribution in [2.45, 2.75) is 56.9 Å². The molecule has 2 heterocycles. The van der Waals surface area contributed by atoms with Gasteiger partial charge in [-0.2, -0.15) is 5.26 Å². The van der Waals surface area contributed by atoms with Crippen molar-refractivity contribution in [3.8, 4) is 6.07 Å². The van der Waals surface area contributed by atoms with E-state index in [1.807, 2.05) is 6.07 Å². The number of hydrogen-bond donors (Lipinski definition) is 1. The number of nitriles is 1. The Morgan fingerprint density at radius 3 is 2.89 bits per heavy atom. The number of alkyl halides is 1. The van der Waals surface area contributed by atoms with Crippen molar-refractivity contribution >= 4 is 5.91 Å². The average Bonchev–Trinajstić information content (AvgIpc) is 3.32. The van der Waals surface area contributed by atoms with Crippen molar-refractivity contribution < 1.29 is 9.18 Å². The van der Waals surface area contributed by atoms with Crippen LogP contribution in [0.1, 0.15) is 36.8 Å². The molecule has 5 nitrogen and oxygen atoms in total. The van der Waals surface area contributed by atoms with Crippen molar-refractivity contribution in [1.82, 2.24) is 15.1 Å². The third-order valence-corrected chi connectivity index (χ3v) is 6.53. The summed E-state index contributed by atoms with van der Waals surface area (Å²) in [6, 6.07) is 10.5. The molecule has 6 heteroatoms. The van der Waals surface area contributed by atoms with E-state index < -0.39 is 12.2 Å². The third kappa shape index (κ3) is 4.37. The van der Waals surface area contributed by atoms with Crippen LogP contribution >= 0.6 is 0 Å². The number of carbonyl (C=O) groups is 1. The molecule has 1 amide bonds. The van der Waals surface area contributed by atoms with Crippen LogP contribution in [0, 0.1) is 17.2 Å². The maximum Gasteiger partial charge on any atom is 0.237 e. The minimum Gasteiger partial charge on any atom is -0.323 e. The molecule has 1 saturated heterocycles. The summed E-state index contributed by atoms with van der Waals surface area (Å²) in [5.74, 6) is 0.509. The van der Waals surface area contributed by atoms with Crippen molar-refractivity contribution in [3.63, 3.8) is 0 Å². The molecule has 4 rings (SSSR count). The summed E-state index contributed by atoms with van der Waals surface area (Å²) in [5.41, 5.74) is 2.94. The van der Waals surface area contributed by atoms with Crippen molar-refractivity contribution in [2.75, 3.05) is 26.2 Å². The zero-order chi connectivity index (χ0) is 19.5. The van der Waals surface area contributed by atoms with Crippen molar-refractivity contribution in [3.05, 3.63) is 35.4 Å². The van der Waals surface area contributed by atoms with Gasteiger partial charge in [-0.05, 0) is 42.7 Å². The van der Waals surface area contributed by atoms with Crippen molar-refractivity contribution in [1.29, 1.82) is 5.26 Å². The predicted octanol–water partition coefficient (Wildman–Crippen LogP) is 2.27. The van der Waals surface area contributed by atoms with E-state index >= 15 is 0 Å². The number of nitrogens with one attached hydrogen (secondary N) is 1. The fourth-order valence-corrected chi connectivity index (χ4v) is 5.02. The lowest BCUT2D eigenvalue weighted by Gasteiger charge is -2.30. The SMILES string of the molecule is N#C[C@@H]1C[C@H](F)CN1C(=O)CN[C@@H]1CC[C@H](CN2CCc3ccccc3C2)C1. The van der Waals surface area contributed by atoms with Gasteiger partial charge in [0, 0.05) is 32.1 Å². The molecule has 3 aliphatic rings. The summed E-state index contributed by atoms with van der Waals surface area (Å²) in [4.78, 5) is 16.3. The normalized spacial score (nSPS) is 30.2.